The van der Waals surface area contributed by atoms with E-state index in [2.05, 4.69) is 4.98 Å². The Morgan fingerprint density at radius 2 is 1.92 bits per heavy atom. The molecule has 0 aliphatic heterocycles. The van der Waals surface area contributed by atoms with Crippen molar-refractivity contribution in [3.63, 3.8) is 0 Å². The molecule has 0 fully saturated rings. The third-order valence-corrected chi connectivity index (χ3v) is 5.90. The summed E-state index contributed by atoms with van der Waals surface area (Å²) < 4.78 is 7.00. The van der Waals surface area contributed by atoms with Crippen LogP contribution in [0.25, 0.3) is 0 Å². The molecule has 0 aliphatic carbocycles. The molecule has 0 bridgehead atoms. The Kier molecular flexibility index (Phi) is 8.69. The molecule has 1 aromatic rings. The Morgan fingerprint density at radius 3 is 2.56 bits per heavy atom. The number of ether oxygens (including phenoxy) is 1. The zero-order valence-corrected chi connectivity index (χ0v) is 17.2. The van der Waals surface area contributed by atoms with Gasteiger partial charge >= 0.3 is 5.97 Å². The average Bonchev–Trinajstić information content (AvgIpc) is 2.56. The summed E-state index contributed by atoms with van der Waals surface area (Å²) in [5, 5.41) is 0.764. The fourth-order valence-corrected chi connectivity index (χ4v) is 3.02. The monoisotopic (exact) mass is 368 g/mol. The molecule has 1 heterocycles. The van der Waals surface area contributed by atoms with Gasteiger partial charge in [-0.1, -0.05) is 38.5 Å². The molecule has 0 radical (unpaired) electrons. The minimum absolute atomic E-state index is 0.0173. The third-order valence-electron chi connectivity index (χ3n) is 4.77. The summed E-state index contributed by atoms with van der Waals surface area (Å²) >= 11 is 1.61. The maximum atomic E-state index is 12.0. The number of nitrogens with zero attached hydrogens (tertiary/aromatic N) is 2. The van der Waals surface area contributed by atoms with Gasteiger partial charge in [-0.05, 0) is 39.5 Å². The fourth-order valence-electron chi connectivity index (χ4n) is 2.09. The molecule has 142 valence electrons. The Bertz CT molecular complexity index is 624. The molecule has 1 aromatic heterocycles. The van der Waals surface area contributed by atoms with Crippen molar-refractivity contribution in [3.05, 3.63) is 22.1 Å². The Hall–Kier alpha value is -1.30. The van der Waals surface area contributed by atoms with Crippen molar-refractivity contribution in [1.82, 2.24) is 9.55 Å². The Morgan fingerprint density at radius 1 is 1.28 bits per heavy atom. The van der Waals surface area contributed by atoms with E-state index in [-0.39, 0.29) is 17.4 Å². The van der Waals surface area contributed by atoms with Gasteiger partial charge in [0, 0.05) is 24.6 Å². The highest BCUT2D eigenvalue weighted by Gasteiger charge is 2.32. The highest BCUT2D eigenvalue weighted by atomic mass is 32.2. The molecule has 0 aromatic carbocycles. The first-order valence-corrected chi connectivity index (χ1v) is 9.99. The first-order chi connectivity index (χ1) is 11.7. The van der Waals surface area contributed by atoms with Gasteiger partial charge in [0.1, 0.15) is 0 Å². The van der Waals surface area contributed by atoms with E-state index in [9.17, 15) is 9.59 Å². The molecule has 1 rings (SSSR count). The molecule has 0 saturated carbocycles. The number of aromatic nitrogens is 2. The predicted octanol–water partition coefficient (Wildman–Crippen LogP) is 3.97. The number of unbranched alkanes of at least 4 members (excludes halogenated alkanes) is 3. The van der Waals surface area contributed by atoms with Crippen molar-refractivity contribution >= 4 is 17.7 Å². The third kappa shape index (κ3) is 6.49. The topological polar surface area (TPSA) is 61.2 Å². The number of hydrogen-bond acceptors (Lipinski definition) is 5. The van der Waals surface area contributed by atoms with Crippen LogP contribution in [0, 0.1) is 18.3 Å². The van der Waals surface area contributed by atoms with Crippen LogP contribution < -0.4 is 5.56 Å². The summed E-state index contributed by atoms with van der Waals surface area (Å²) in [6.45, 7) is 10.2. The lowest BCUT2D eigenvalue weighted by Gasteiger charge is -2.26. The van der Waals surface area contributed by atoms with Crippen LogP contribution in [-0.2, 0) is 16.6 Å². The summed E-state index contributed by atoms with van der Waals surface area (Å²) in [6.07, 6.45) is 5.71. The number of thioether (sulfide) groups is 1. The largest absolute Gasteiger partial charge is 0.465 e. The molecule has 0 atom stereocenters. The van der Waals surface area contributed by atoms with Crippen LogP contribution in [0.2, 0.25) is 0 Å². The number of carbonyl (C=O) groups excluding carboxylic acids is 1. The van der Waals surface area contributed by atoms with E-state index < -0.39 is 5.41 Å². The molecule has 0 saturated heterocycles. The van der Waals surface area contributed by atoms with Crippen LogP contribution >= 0.6 is 11.8 Å². The van der Waals surface area contributed by atoms with Gasteiger partial charge in [0.15, 0.2) is 5.16 Å². The Balaban J connectivity index is 2.17. The summed E-state index contributed by atoms with van der Waals surface area (Å²) in [5.41, 5.74) is 0.263. The van der Waals surface area contributed by atoms with Gasteiger partial charge in [-0.25, -0.2) is 4.98 Å². The van der Waals surface area contributed by atoms with E-state index in [1.807, 2.05) is 27.7 Å². The first kappa shape index (κ1) is 21.7. The van der Waals surface area contributed by atoms with Crippen LogP contribution in [0.1, 0.15) is 58.9 Å². The van der Waals surface area contributed by atoms with Crippen LogP contribution in [0.4, 0.5) is 0 Å². The molecule has 6 heteroatoms. The lowest BCUT2D eigenvalue weighted by molar-refractivity contribution is -0.156. The van der Waals surface area contributed by atoms with E-state index in [1.54, 1.807) is 36.5 Å². The fraction of sp³-hybridized carbons (Fsp3) is 0.737. The van der Waals surface area contributed by atoms with Gasteiger partial charge in [0.25, 0.3) is 5.56 Å². The van der Waals surface area contributed by atoms with Crippen molar-refractivity contribution in [2.45, 2.75) is 65.5 Å². The molecule has 0 N–H and O–H groups in total. The van der Waals surface area contributed by atoms with Crippen molar-refractivity contribution in [3.8, 4) is 0 Å². The molecule has 0 amide bonds. The second-order valence-electron chi connectivity index (χ2n) is 7.36. The smallest absolute Gasteiger partial charge is 0.311 e. The number of rotatable bonds is 10. The molecule has 0 spiro atoms. The normalized spacial score (nSPS) is 11.8. The second kappa shape index (κ2) is 10.00. The van der Waals surface area contributed by atoms with E-state index in [0.717, 1.165) is 36.6 Å². The molecule has 0 aliphatic rings. The van der Waals surface area contributed by atoms with Gasteiger partial charge in [-0.3, -0.25) is 14.2 Å². The quantitative estimate of drug-likeness (QED) is 0.271. The first-order valence-electron chi connectivity index (χ1n) is 9.00. The van der Waals surface area contributed by atoms with Crippen molar-refractivity contribution in [2.24, 2.45) is 18.4 Å². The lowest BCUT2D eigenvalue weighted by Crippen LogP contribution is -2.32. The van der Waals surface area contributed by atoms with Crippen LogP contribution in [0.5, 0.6) is 0 Å². The zero-order valence-electron chi connectivity index (χ0n) is 16.4. The van der Waals surface area contributed by atoms with Crippen molar-refractivity contribution in [2.75, 3.05) is 12.4 Å². The second-order valence-corrected chi connectivity index (χ2v) is 8.43. The maximum Gasteiger partial charge on any atom is 0.311 e. The maximum absolute atomic E-state index is 12.0. The number of hydrogen-bond donors (Lipinski definition) is 0. The summed E-state index contributed by atoms with van der Waals surface area (Å²) in [6, 6.07) is 0. The minimum atomic E-state index is -0.423. The van der Waals surface area contributed by atoms with Gasteiger partial charge in [0.2, 0.25) is 0 Å². The molecular weight excluding hydrogens is 336 g/mol. The molecule has 0 unspecified atom stereocenters. The van der Waals surface area contributed by atoms with Gasteiger partial charge < -0.3 is 4.74 Å². The van der Waals surface area contributed by atoms with E-state index >= 15 is 0 Å². The van der Waals surface area contributed by atoms with Crippen molar-refractivity contribution in [1.29, 1.82) is 0 Å². The summed E-state index contributed by atoms with van der Waals surface area (Å²) in [5.74, 6) is 1.09. The SMILES string of the molecule is Cc1cnc(SCCCCCCOC(=O)C(C)(C)C(C)C)n(C)c1=O. The van der Waals surface area contributed by atoms with Crippen molar-refractivity contribution < 1.29 is 9.53 Å². The van der Waals surface area contributed by atoms with Crippen LogP contribution in [-0.4, -0.2) is 27.9 Å². The van der Waals surface area contributed by atoms with Gasteiger partial charge in [-0.15, -0.1) is 0 Å². The lowest BCUT2D eigenvalue weighted by atomic mass is 9.81. The molecule has 25 heavy (non-hydrogen) atoms. The van der Waals surface area contributed by atoms with E-state index in [1.165, 1.54) is 0 Å². The van der Waals surface area contributed by atoms with Gasteiger partial charge in [0.05, 0.1) is 12.0 Å². The van der Waals surface area contributed by atoms with Crippen LogP contribution in [0.15, 0.2) is 16.1 Å². The average molecular weight is 369 g/mol. The van der Waals surface area contributed by atoms with E-state index in [4.69, 9.17) is 4.74 Å². The number of aryl methyl sites for hydroxylation is 1. The highest BCUT2D eigenvalue weighted by molar-refractivity contribution is 7.99. The van der Waals surface area contributed by atoms with Gasteiger partial charge in [-0.2, -0.15) is 0 Å². The summed E-state index contributed by atoms with van der Waals surface area (Å²) in [4.78, 5) is 28.2. The van der Waals surface area contributed by atoms with Crippen LogP contribution in [0.3, 0.4) is 0 Å². The number of carbonyl (C=O) groups is 1. The predicted molar refractivity (Wildman–Crippen MR) is 103 cm³/mol. The molecular formula is C19H32N2O3S. The standard InChI is InChI=1S/C19H32N2O3S/c1-14(2)19(4,5)17(23)24-11-9-7-8-10-12-25-18-20-13-15(3)16(22)21(18)6/h13-14H,7-12H2,1-6H3. The zero-order chi connectivity index (χ0) is 19.0. The van der Waals surface area contributed by atoms with E-state index in [0.29, 0.717) is 12.2 Å². The highest BCUT2D eigenvalue weighted by Crippen LogP contribution is 2.27. The number of esters is 1. The minimum Gasteiger partial charge on any atom is -0.465 e. The summed E-state index contributed by atoms with van der Waals surface area (Å²) in [7, 11) is 1.76. The molecule has 5 nitrogen and oxygen atoms in total. The Labute approximate surface area is 155 Å².